The lowest BCUT2D eigenvalue weighted by Crippen LogP contribution is -2.33. The Morgan fingerprint density at radius 2 is 2.44 bits per heavy atom. The van der Waals surface area contributed by atoms with Gasteiger partial charge in [0.25, 0.3) is 0 Å². The molecule has 0 saturated heterocycles. The van der Waals surface area contributed by atoms with Crippen LogP contribution < -0.4 is 15.2 Å². The first-order valence-electron chi connectivity index (χ1n) is 5.19. The zero-order valence-electron chi connectivity index (χ0n) is 9.06. The number of nitrogens with zero attached hydrogens (tertiary/aromatic N) is 2. The van der Waals surface area contributed by atoms with Gasteiger partial charge in [0.05, 0.1) is 13.7 Å². The Balaban J connectivity index is 1.79. The molecule has 2 aliphatic rings. The van der Waals surface area contributed by atoms with E-state index in [1.807, 2.05) is 23.9 Å². The summed E-state index contributed by atoms with van der Waals surface area (Å²) in [7, 11) is 1.67. The fourth-order valence-corrected chi connectivity index (χ4v) is 3.01. The number of hydrazine groups is 1. The van der Waals surface area contributed by atoms with E-state index in [1.165, 1.54) is 11.3 Å². The van der Waals surface area contributed by atoms with E-state index < -0.39 is 0 Å². The summed E-state index contributed by atoms with van der Waals surface area (Å²) >= 11 is 1.96. The van der Waals surface area contributed by atoms with Gasteiger partial charge in [-0.15, -0.1) is 0 Å². The fraction of sp³-hybridized carbons (Fsp3) is 0.364. The van der Waals surface area contributed by atoms with Crippen LogP contribution in [0.5, 0.6) is 5.75 Å². The average molecular weight is 235 g/mol. The van der Waals surface area contributed by atoms with E-state index in [2.05, 4.69) is 15.4 Å². The Hall–Kier alpha value is -1.36. The van der Waals surface area contributed by atoms with E-state index in [1.54, 1.807) is 13.3 Å². The van der Waals surface area contributed by atoms with Crippen LogP contribution in [-0.2, 0) is 0 Å². The number of pyridine rings is 1. The standard InChI is InChI=1S/C11H13N3OS/c1-15-9-2-3-12-11(4-9)14-5-8-6-16-7-10(8)13-14/h2-4,13H,5-7H2,1H3. The normalized spacial score (nSPS) is 18.7. The minimum Gasteiger partial charge on any atom is -0.497 e. The molecule has 0 radical (unpaired) electrons. The molecule has 0 spiro atoms. The van der Waals surface area contributed by atoms with Crippen LogP contribution in [0, 0.1) is 0 Å². The van der Waals surface area contributed by atoms with Gasteiger partial charge in [-0.1, -0.05) is 0 Å². The van der Waals surface area contributed by atoms with Gasteiger partial charge in [-0.25, -0.2) is 4.98 Å². The molecule has 0 unspecified atom stereocenters. The van der Waals surface area contributed by atoms with Crippen molar-refractivity contribution in [3.8, 4) is 5.75 Å². The number of nitrogens with one attached hydrogen (secondary N) is 1. The smallest absolute Gasteiger partial charge is 0.150 e. The van der Waals surface area contributed by atoms with Gasteiger partial charge in [-0.2, -0.15) is 11.8 Å². The second kappa shape index (κ2) is 3.90. The van der Waals surface area contributed by atoms with Crippen molar-refractivity contribution < 1.29 is 4.74 Å². The molecule has 2 aliphatic heterocycles. The number of thioether (sulfide) groups is 1. The number of hydrogen-bond donors (Lipinski definition) is 1. The maximum absolute atomic E-state index is 5.20. The lowest BCUT2D eigenvalue weighted by atomic mass is 10.3. The molecule has 0 aromatic carbocycles. The summed E-state index contributed by atoms with van der Waals surface area (Å²) in [5.74, 6) is 3.99. The molecule has 1 aromatic rings. The Kier molecular flexibility index (Phi) is 2.40. The quantitative estimate of drug-likeness (QED) is 0.839. The third-order valence-electron chi connectivity index (χ3n) is 2.80. The van der Waals surface area contributed by atoms with Crippen molar-refractivity contribution in [2.45, 2.75) is 0 Å². The Morgan fingerprint density at radius 1 is 1.50 bits per heavy atom. The van der Waals surface area contributed by atoms with Crippen LogP contribution in [0.4, 0.5) is 5.82 Å². The van der Waals surface area contributed by atoms with Gasteiger partial charge >= 0.3 is 0 Å². The predicted molar refractivity (Wildman–Crippen MR) is 65.6 cm³/mol. The highest BCUT2D eigenvalue weighted by molar-refractivity contribution is 7.99. The number of ether oxygens (including phenoxy) is 1. The van der Waals surface area contributed by atoms with E-state index in [9.17, 15) is 0 Å². The van der Waals surface area contributed by atoms with Gasteiger partial charge in [-0.3, -0.25) is 10.4 Å². The summed E-state index contributed by atoms with van der Waals surface area (Å²) in [5.41, 5.74) is 6.25. The lowest BCUT2D eigenvalue weighted by molar-refractivity contribution is 0.414. The minimum absolute atomic E-state index is 0.841. The first-order chi connectivity index (χ1) is 7.86. The van der Waals surface area contributed by atoms with Crippen LogP contribution in [0.15, 0.2) is 29.6 Å². The topological polar surface area (TPSA) is 37.4 Å². The Morgan fingerprint density at radius 3 is 3.25 bits per heavy atom. The molecule has 1 aromatic heterocycles. The van der Waals surface area contributed by atoms with E-state index in [0.29, 0.717) is 0 Å². The molecule has 4 nitrogen and oxygen atoms in total. The molecular weight excluding hydrogens is 222 g/mol. The third-order valence-corrected chi connectivity index (χ3v) is 3.84. The van der Waals surface area contributed by atoms with Gasteiger partial charge in [-0.05, 0) is 11.6 Å². The molecule has 16 heavy (non-hydrogen) atoms. The van der Waals surface area contributed by atoms with Crippen molar-refractivity contribution in [3.63, 3.8) is 0 Å². The van der Waals surface area contributed by atoms with E-state index >= 15 is 0 Å². The molecule has 0 fully saturated rings. The van der Waals surface area contributed by atoms with Crippen molar-refractivity contribution in [2.24, 2.45) is 0 Å². The summed E-state index contributed by atoms with van der Waals surface area (Å²) in [5, 5.41) is 2.08. The van der Waals surface area contributed by atoms with Gasteiger partial charge in [0.2, 0.25) is 0 Å². The van der Waals surface area contributed by atoms with Crippen molar-refractivity contribution >= 4 is 17.6 Å². The molecule has 5 heteroatoms. The SMILES string of the molecule is COc1ccnc(N2CC3=C(CSC3)N2)c1. The Labute approximate surface area is 98.7 Å². The highest BCUT2D eigenvalue weighted by Gasteiger charge is 2.26. The van der Waals surface area contributed by atoms with Gasteiger partial charge in [0.1, 0.15) is 5.75 Å². The zero-order valence-corrected chi connectivity index (χ0v) is 9.88. The Bertz CT molecular complexity index is 431. The molecule has 0 atom stereocenters. The summed E-state index contributed by atoms with van der Waals surface area (Å²) in [4.78, 5) is 4.35. The first kappa shape index (κ1) is 9.84. The highest BCUT2D eigenvalue weighted by Crippen LogP contribution is 2.30. The molecule has 1 N–H and O–H groups in total. The monoisotopic (exact) mass is 235 g/mol. The maximum Gasteiger partial charge on any atom is 0.150 e. The molecule has 84 valence electrons. The minimum atomic E-state index is 0.841. The van der Waals surface area contributed by atoms with Crippen molar-refractivity contribution in [1.29, 1.82) is 0 Å². The second-order valence-electron chi connectivity index (χ2n) is 3.83. The number of methoxy groups -OCH3 is 1. The van der Waals surface area contributed by atoms with Gasteiger partial charge in [0, 0.05) is 29.5 Å². The van der Waals surface area contributed by atoms with E-state index in [4.69, 9.17) is 4.74 Å². The molecule has 0 bridgehead atoms. The van der Waals surface area contributed by atoms with E-state index in [-0.39, 0.29) is 0 Å². The van der Waals surface area contributed by atoms with Crippen LogP contribution >= 0.6 is 11.8 Å². The molecule has 0 amide bonds. The average Bonchev–Trinajstić information content (AvgIpc) is 2.89. The van der Waals surface area contributed by atoms with Gasteiger partial charge in [0.15, 0.2) is 5.82 Å². The maximum atomic E-state index is 5.20. The number of aromatic nitrogens is 1. The lowest BCUT2D eigenvalue weighted by Gasteiger charge is -2.20. The molecule has 0 aliphatic carbocycles. The van der Waals surface area contributed by atoms with Crippen molar-refractivity contribution in [3.05, 3.63) is 29.6 Å². The van der Waals surface area contributed by atoms with Crippen LogP contribution in [0.2, 0.25) is 0 Å². The van der Waals surface area contributed by atoms with Gasteiger partial charge < -0.3 is 4.74 Å². The second-order valence-corrected chi connectivity index (χ2v) is 4.81. The largest absolute Gasteiger partial charge is 0.497 e. The zero-order chi connectivity index (χ0) is 11.0. The molecular formula is C11H13N3OS. The van der Waals surface area contributed by atoms with Crippen LogP contribution in [-0.4, -0.2) is 30.1 Å². The fourth-order valence-electron chi connectivity index (χ4n) is 1.92. The third kappa shape index (κ3) is 1.61. The molecule has 3 heterocycles. The molecule has 0 saturated carbocycles. The highest BCUT2D eigenvalue weighted by atomic mass is 32.2. The van der Waals surface area contributed by atoms with Crippen LogP contribution in [0.1, 0.15) is 0 Å². The van der Waals surface area contributed by atoms with Crippen molar-refractivity contribution in [2.75, 3.05) is 30.2 Å². The van der Waals surface area contributed by atoms with Crippen LogP contribution in [0.25, 0.3) is 0 Å². The number of rotatable bonds is 2. The number of hydrogen-bond acceptors (Lipinski definition) is 5. The predicted octanol–water partition coefficient (Wildman–Crippen LogP) is 1.42. The van der Waals surface area contributed by atoms with Crippen LogP contribution in [0.3, 0.4) is 0 Å². The first-order valence-corrected chi connectivity index (χ1v) is 6.35. The molecule has 3 rings (SSSR count). The summed E-state index contributed by atoms with van der Waals surface area (Å²) in [6, 6.07) is 3.80. The summed E-state index contributed by atoms with van der Waals surface area (Å²) in [6.07, 6.45) is 1.77. The van der Waals surface area contributed by atoms with Crippen molar-refractivity contribution in [1.82, 2.24) is 10.4 Å². The summed E-state index contributed by atoms with van der Waals surface area (Å²) < 4.78 is 5.20. The number of anilines is 1. The van der Waals surface area contributed by atoms with E-state index in [0.717, 1.165) is 29.6 Å². The summed E-state index contributed by atoms with van der Waals surface area (Å²) in [6.45, 7) is 0.933.